The highest BCUT2D eigenvalue weighted by Gasteiger charge is 2.10. The fraction of sp³-hybridized carbons (Fsp3) is 0.214. The Kier molecular flexibility index (Phi) is 3.84. The van der Waals surface area contributed by atoms with E-state index in [4.69, 9.17) is 14.3 Å². The number of esters is 1. The van der Waals surface area contributed by atoms with Crippen molar-refractivity contribution in [1.29, 1.82) is 0 Å². The Morgan fingerprint density at radius 1 is 1.25 bits per heavy atom. The number of carbonyl (C=O) groups excluding carboxylic acids is 1. The molecule has 0 atom stereocenters. The normalized spacial score (nSPS) is 10.4. The zero-order valence-electron chi connectivity index (χ0n) is 10.7. The summed E-state index contributed by atoms with van der Waals surface area (Å²) in [7, 11) is 0. The van der Waals surface area contributed by atoms with Gasteiger partial charge in [0.2, 0.25) is 0 Å². The van der Waals surface area contributed by atoms with Crippen LogP contribution in [0.15, 0.2) is 33.5 Å². The lowest BCUT2D eigenvalue weighted by Gasteiger charge is -2.05. The Balaban J connectivity index is 2.22. The third kappa shape index (κ3) is 3.23. The number of rotatable bonds is 4. The van der Waals surface area contributed by atoms with E-state index in [1.54, 1.807) is 19.1 Å². The number of carbonyl (C=O) groups is 2. The van der Waals surface area contributed by atoms with Crippen molar-refractivity contribution < 1.29 is 23.8 Å². The van der Waals surface area contributed by atoms with Crippen molar-refractivity contribution in [2.75, 3.05) is 0 Å². The zero-order chi connectivity index (χ0) is 14.7. The van der Waals surface area contributed by atoms with Gasteiger partial charge in [0.25, 0.3) is 0 Å². The number of hydrogen-bond donors (Lipinski definition) is 1. The first-order chi connectivity index (χ1) is 9.45. The first-order valence-corrected chi connectivity index (χ1v) is 5.92. The zero-order valence-corrected chi connectivity index (χ0v) is 10.7. The summed E-state index contributed by atoms with van der Waals surface area (Å²) in [6.45, 7) is 1.78. The molecule has 0 bridgehead atoms. The van der Waals surface area contributed by atoms with Crippen LogP contribution < -0.4 is 10.4 Å². The lowest BCUT2D eigenvalue weighted by molar-refractivity contribution is -0.142. The van der Waals surface area contributed by atoms with Crippen molar-refractivity contribution in [2.24, 2.45) is 0 Å². The molecule has 1 aromatic carbocycles. The summed E-state index contributed by atoms with van der Waals surface area (Å²) in [5, 5.41) is 9.22. The number of carboxylic acid groups (broad SMARTS) is 1. The summed E-state index contributed by atoms with van der Waals surface area (Å²) in [5.74, 6) is -1.51. The van der Waals surface area contributed by atoms with E-state index >= 15 is 0 Å². The largest absolute Gasteiger partial charge is 0.481 e. The molecule has 1 N–H and O–H groups in total. The van der Waals surface area contributed by atoms with Crippen molar-refractivity contribution in [3.63, 3.8) is 0 Å². The number of benzene rings is 1. The van der Waals surface area contributed by atoms with E-state index in [1.807, 2.05) is 0 Å². The molecule has 0 unspecified atom stereocenters. The number of aryl methyl sites for hydroxylation is 1. The van der Waals surface area contributed by atoms with E-state index in [0.717, 1.165) is 10.9 Å². The van der Waals surface area contributed by atoms with Gasteiger partial charge in [-0.25, -0.2) is 4.79 Å². The Bertz CT molecular complexity index is 728. The molecule has 0 amide bonds. The van der Waals surface area contributed by atoms with Crippen LogP contribution >= 0.6 is 0 Å². The summed E-state index contributed by atoms with van der Waals surface area (Å²) >= 11 is 0. The molecular weight excluding hydrogens is 264 g/mol. The highest BCUT2D eigenvalue weighted by atomic mass is 16.5. The SMILES string of the molecule is Cc1cc(=O)oc2cc(OC(=O)CCC(=O)O)ccc12. The number of ether oxygens (including phenoxy) is 1. The van der Waals surface area contributed by atoms with Crippen LogP contribution in [0.2, 0.25) is 0 Å². The maximum Gasteiger partial charge on any atom is 0.336 e. The summed E-state index contributed by atoms with van der Waals surface area (Å²) in [4.78, 5) is 33.0. The van der Waals surface area contributed by atoms with Gasteiger partial charge in [-0.15, -0.1) is 0 Å². The highest BCUT2D eigenvalue weighted by Crippen LogP contribution is 2.22. The van der Waals surface area contributed by atoms with Gasteiger partial charge in [0.15, 0.2) is 0 Å². The molecule has 20 heavy (non-hydrogen) atoms. The predicted octanol–water partition coefficient (Wildman–Crippen LogP) is 1.87. The quantitative estimate of drug-likeness (QED) is 0.520. The minimum absolute atomic E-state index is 0.210. The molecule has 0 aliphatic rings. The molecule has 0 aliphatic heterocycles. The molecule has 2 rings (SSSR count). The Labute approximate surface area is 113 Å². The van der Waals surface area contributed by atoms with Gasteiger partial charge >= 0.3 is 17.6 Å². The Morgan fingerprint density at radius 2 is 2.00 bits per heavy atom. The summed E-state index contributed by atoms with van der Waals surface area (Å²) in [6, 6.07) is 6.05. The van der Waals surface area contributed by atoms with Gasteiger partial charge in [0.1, 0.15) is 11.3 Å². The first-order valence-electron chi connectivity index (χ1n) is 5.92. The molecule has 1 aromatic heterocycles. The molecule has 104 valence electrons. The second-order valence-corrected chi connectivity index (χ2v) is 4.27. The minimum Gasteiger partial charge on any atom is -0.481 e. The second kappa shape index (κ2) is 5.56. The van der Waals surface area contributed by atoms with E-state index in [1.165, 1.54) is 12.1 Å². The molecule has 0 fully saturated rings. The maximum atomic E-state index is 11.4. The van der Waals surface area contributed by atoms with E-state index in [2.05, 4.69) is 0 Å². The standard InChI is InChI=1S/C14H12O6/c1-8-6-14(18)20-11-7-9(2-3-10(8)11)19-13(17)5-4-12(15)16/h2-3,6-7H,4-5H2,1H3,(H,15,16). The smallest absolute Gasteiger partial charge is 0.336 e. The number of carboxylic acids is 1. The number of hydrogen-bond acceptors (Lipinski definition) is 5. The van der Waals surface area contributed by atoms with Crippen LogP contribution in [-0.2, 0) is 9.59 Å². The highest BCUT2D eigenvalue weighted by molar-refractivity contribution is 5.83. The van der Waals surface area contributed by atoms with Crippen LogP contribution in [0.5, 0.6) is 5.75 Å². The summed E-state index contributed by atoms with van der Waals surface area (Å²) in [6.07, 6.45) is -0.508. The third-order valence-electron chi connectivity index (χ3n) is 2.70. The molecule has 0 aliphatic carbocycles. The van der Waals surface area contributed by atoms with Crippen molar-refractivity contribution in [3.05, 3.63) is 40.2 Å². The van der Waals surface area contributed by atoms with Gasteiger partial charge in [-0.3, -0.25) is 9.59 Å². The average Bonchev–Trinajstić information content (AvgIpc) is 2.35. The molecule has 0 radical (unpaired) electrons. The van der Waals surface area contributed by atoms with E-state index in [9.17, 15) is 14.4 Å². The molecule has 1 heterocycles. The van der Waals surface area contributed by atoms with Crippen LogP contribution in [-0.4, -0.2) is 17.0 Å². The summed E-state index contributed by atoms with van der Waals surface area (Å²) < 4.78 is 10.0. The fourth-order valence-electron chi connectivity index (χ4n) is 1.76. The van der Waals surface area contributed by atoms with Gasteiger partial charge in [-0.1, -0.05) is 0 Å². The van der Waals surface area contributed by atoms with Crippen LogP contribution in [0, 0.1) is 6.92 Å². The third-order valence-corrected chi connectivity index (χ3v) is 2.70. The van der Waals surface area contributed by atoms with Crippen molar-refractivity contribution in [2.45, 2.75) is 19.8 Å². The summed E-state index contributed by atoms with van der Waals surface area (Å²) in [5.41, 5.74) is 0.600. The number of fused-ring (bicyclic) bond motifs is 1. The first kappa shape index (κ1) is 13.8. The van der Waals surface area contributed by atoms with Crippen LogP contribution in [0.1, 0.15) is 18.4 Å². The number of aliphatic carboxylic acids is 1. The van der Waals surface area contributed by atoms with Gasteiger partial charge < -0.3 is 14.3 Å². The lowest BCUT2D eigenvalue weighted by atomic mass is 10.1. The predicted molar refractivity (Wildman–Crippen MR) is 69.7 cm³/mol. The minimum atomic E-state index is -1.07. The van der Waals surface area contributed by atoms with E-state index in [-0.39, 0.29) is 18.6 Å². The van der Waals surface area contributed by atoms with Gasteiger partial charge in [-0.2, -0.15) is 0 Å². The van der Waals surface area contributed by atoms with Gasteiger partial charge in [0.05, 0.1) is 12.8 Å². The van der Waals surface area contributed by atoms with Crippen molar-refractivity contribution >= 4 is 22.9 Å². The molecule has 0 saturated heterocycles. The Morgan fingerprint density at radius 3 is 2.70 bits per heavy atom. The topological polar surface area (TPSA) is 93.8 Å². The fourth-order valence-corrected chi connectivity index (χ4v) is 1.76. The van der Waals surface area contributed by atoms with E-state index in [0.29, 0.717) is 5.58 Å². The van der Waals surface area contributed by atoms with Gasteiger partial charge in [-0.05, 0) is 24.6 Å². The molecule has 2 aromatic rings. The average molecular weight is 276 g/mol. The van der Waals surface area contributed by atoms with Crippen molar-refractivity contribution in [1.82, 2.24) is 0 Å². The second-order valence-electron chi connectivity index (χ2n) is 4.27. The Hall–Kier alpha value is -2.63. The van der Waals surface area contributed by atoms with Crippen molar-refractivity contribution in [3.8, 4) is 5.75 Å². The monoisotopic (exact) mass is 276 g/mol. The van der Waals surface area contributed by atoms with E-state index < -0.39 is 17.6 Å². The molecule has 6 nitrogen and oxygen atoms in total. The van der Waals surface area contributed by atoms with Crippen LogP contribution in [0.3, 0.4) is 0 Å². The molecule has 0 spiro atoms. The van der Waals surface area contributed by atoms with Gasteiger partial charge in [0, 0.05) is 17.5 Å². The van der Waals surface area contributed by atoms with Crippen LogP contribution in [0.4, 0.5) is 0 Å². The lowest BCUT2D eigenvalue weighted by Crippen LogP contribution is -2.10. The molecular formula is C14H12O6. The molecule has 0 saturated carbocycles. The molecule has 6 heteroatoms. The van der Waals surface area contributed by atoms with Crippen LogP contribution in [0.25, 0.3) is 11.0 Å². The maximum absolute atomic E-state index is 11.4.